The van der Waals surface area contributed by atoms with Gasteiger partial charge < -0.3 is 10.1 Å². The lowest BCUT2D eigenvalue weighted by Gasteiger charge is -2.12. The molecule has 2 atom stereocenters. The first-order chi connectivity index (χ1) is 12.3. The molecule has 0 saturated heterocycles. The summed E-state index contributed by atoms with van der Waals surface area (Å²) in [4.78, 5) is 25.0. The average Bonchev–Trinajstić information content (AvgIpc) is 3.28. The summed E-state index contributed by atoms with van der Waals surface area (Å²) in [5, 5.41) is 7.03. The van der Waals surface area contributed by atoms with Crippen molar-refractivity contribution in [3.05, 3.63) is 47.3 Å². The topological polar surface area (TPSA) is 73.2 Å². The molecule has 3 rings (SSSR count). The lowest BCUT2D eigenvalue weighted by atomic mass is 10.1. The summed E-state index contributed by atoms with van der Waals surface area (Å²) in [5.74, 6) is 0.137. The monoisotopic (exact) mass is 355 g/mol. The maximum atomic E-state index is 12.5. The van der Waals surface area contributed by atoms with E-state index in [9.17, 15) is 9.59 Å². The maximum Gasteiger partial charge on any atom is 0.314 e. The lowest BCUT2D eigenvalue weighted by molar-refractivity contribution is -0.135. The second-order valence-electron chi connectivity index (χ2n) is 7.42. The molecule has 1 saturated carbocycles. The fourth-order valence-electron chi connectivity index (χ4n) is 2.94. The van der Waals surface area contributed by atoms with Crippen molar-refractivity contribution in [1.82, 2.24) is 15.1 Å². The summed E-state index contributed by atoms with van der Waals surface area (Å²) in [7, 11) is 1.85. The number of nitrogens with one attached hydrogen (secondary N) is 1. The molecule has 26 heavy (non-hydrogen) atoms. The summed E-state index contributed by atoms with van der Waals surface area (Å²) in [6, 6.07) is 5.29. The summed E-state index contributed by atoms with van der Waals surface area (Å²) >= 11 is 0. The molecule has 6 nitrogen and oxygen atoms in total. The van der Waals surface area contributed by atoms with Gasteiger partial charge in [0, 0.05) is 25.7 Å². The van der Waals surface area contributed by atoms with Crippen LogP contribution in [0.1, 0.15) is 47.7 Å². The van der Waals surface area contributed by atoms with Crippen LogP contribution in [0.15, 0.2) is 30.6 Å². The van der Waals surface area contributed by atoms with Crippen molar-refractivity contribution in [2.45, 2.75) is 33.1 Å². The highest BCUT2D eigenvalue weighted by Crippen LogP contribution is 2.48. The number of rotatable bonds is 6. The molecule has 1 aliphatic rings. The van der Waals surface area contributed by atoms with E-state index in [4.69, 9.17) is 4.74 Å². The number of hydrogen-bond acceptors (Lipinski definition) is 4. The number of esters is 1. The van der Waals surface area contributed by atoms with Gasteiger partial charge in [-0.3, -0.25) is 14.3 Å². The van der Waals surface area contributed by atoms with Gasteiger partial charge in [0.05, 0.1) is 17.7 Å². The Balaban J connectivity index is 1.69. The molecule has 138 valence electrons. The summed E-state index contributed by atoms with van der Waals surface area (Å²) in [6.45, 7) is 6.54. The third kappa shape index (κ3) is 4.12. The zero-order chi connectivity index (χ0) is 18.8. The zero-order valence-electron chi connectivity index (χ0n) is 15.7. The minimum absolute atomic E-state index is 0.153. The molecule has 0 bridgehead atoms. The van der Waals surface area contributed by atoms with Crippen LogP contribution >= 0.6 is 0 Å². The molecular formula is C20H25N3O3. The van der Waals surface area contributed by atoms with Gasteiger partial charge in [0.2, 0.25) is 0 Å². The third-order valence-corrected chi connectivity index (χ3v) is 4.51. The second-order valence-corrected chi connectivity index (χ2v) is 7.42. The third-order valence-electron chi connectivity index (χ3n) is 4.51. The Labute approximate surface area is 153 Å². The van der Waals surface area contributed by atoms with Crippen molar-refractivity contribution in [2.75, 3.05) is 6.54 Å². The SMILES string of the molecule is Cc1ccc(OC(=O)[C@@H]2C[C@H]2c2cnn(C)c2)c(C(=O)NCC(C)C)c1. The first-order valence-electron chi connectivity index (χ1n) is 8.94. The van der Waals surface area contributed by atoms with E-state index in [0.717, 1.165) is 17.5 Å². The van der Waals surface area contributed by atoms with E-state index in [-0.39, 0.29) is 23.7 Å². The minimum atomic E-state index is -0.291. The van der Waals surface area contributed by atoms with Crippen molar-refractivity contribution >= 4 is 11.9 Å². The molecule has 1 heterocycles. The van der Waals surface area contributed by atoms with Gasteiger partial charge in [0.25, 0.3) is 5.91 Å². The Bertz CT molecular complexity index is 825. The lowest BCUT2D eigenvalue weighted by Crippen LogP contribution is -2.28. The Kier molecular flexibility index (Phi) is 5.11. The molecule has 1 N–H and O–H groups in total. The molecule has 0 unspecified atom stereocenters. The molecule has 1 amide bonds. The Morgan fingerprint density at radius 2 is 2.15 bits per heavy atom. The molecule has 1 aliphatic carbocycles. The van der Waals surface area contributed by atoms with Crippen LogP contribution in [0.5, 0.6) is 5.75 Å². The van der Waals surface area contributed by atoms with E-state index < -0.39 is 0 Å². The van der Waals surface area contributed by atoms with Crippen LogP contribution in [-0.2, 0) is 11.8 Å². The van der Waals surface area contributed by atoms with Crippen molar-refractivity contribution in [1.29, 1.82) is 0 Å². The number of benzene rings is 1. The summed E-state index contributed by atoms with van der Waals surface area (Å²) in [6.07, 6.45) is 4.47. The highest BCUT2D eigenvalue weighted by Gasteiger charge is 2.46. The number of carbonyl (C=O) groups excluding carboxylic acids is 2. The van der Waals surface area contributed by atoms with Crippen LogP contribution in [0.4, 0.5) is 0 Å². The van der Waals surface area contributed by atoms with E-state index in [1.54, 1.807) is 23.0 Å². The van der Waals surface area contributed by atoms with E-state index >= 15 is 0 Å². The van der Waals surface area contributed by atoms with Crippen molar-refractivity contribution in [3.63, 3.8) is 0 Å². The summed E-state index contributed by atoms with van der Waals surface area (Å²) < 4.78 is 7.31. The van der Waals surface area contributed by atoms with Gasteiger partial charge in [-0.1, -0.05) is 25.5 Å². The van der Waals surface area contributed by atoms with E-state index in [0.29, 0.717) is 23.8 Å². The predicted molar refractivity (Wildman–Crippen MR) is 98.0 cm³/mol. The Morgan fingerprint density at radius 1 is 1.38 bits per heavy atom. The van der Waals surface area contributed by atoms with Gasteiger partial charge in [-0.2, -0.15) is 5.10 Å². The number of ether oxygens (including phenoxy) is 1. The van der Waals surface area contributed by atoms with Gasteiger partial charge in [-0.05, 0) is 37.0 Å². The van der Waals surface area contributed by atoms with Crippen LogP contribution in [-0.4, -0.2) is 28.2 Å². The van der Waals surface area contributed by atoms with E-state index in [1.165, 1.54) is 0 Å². The number of hydrogen-bond donors (Lipinski definition) is 1. The van der Waals surface area contributed by atoms with Gasteiger partial charge >= 0.3 is 5.97 Å². The number of amides is 1. The van der Waals surface area contributed by atoms with E-state index in [2.05, 4.69) is 10.4 Å². The molecule has 2 aromatic rings. The van der Waals surface area contributed by atoms with Crippen LogP contribution < -0.4 is 10.1 Å². The van der Waals surface area contributed by atoms with Gasteiger partial charge in [0.1, 0.15) is 5.75 Å². The molecular weight excluding hydrogens is 330 g/mol. The number of nitrogens with zero attached hydrogens (tertiary/aromatic N) is 2. The first kappa shape index (κ1) is 18.2. The van der Waals surface area contributed by atoms with Crippen LogP contribution in [0, 0.1) is 18.8 Å². The number of carbonyl (C=O) groups is 2. The standard InChI is InChI=1S/C20H25N3O3/c1-12(2)9-21-19(24)17-7-13(3)5-6-18(17)26-20(25)16-8-15(16)14-10-22-23(4)11-14/h5-7,10-12,15-16H,8-9H2,1-4H3,(H,21,24)/t15-,16+/m0/s1. The Morgan fingerprint density at radius 3 is 2.81 bits per heavy atom. The van der Waals surface area contributed by atoms with Crippen molar-refractivity contribution in [2.24, 2.45) is 18.9 Å². The molecule has 0 radical (unpaired) electrons. The largest absolute Gasteiger partial charge is 0.425 e. The molecule has 1 aromatic carbocycles. The Hall–Kier alpha value is -2.63. The van der Waals surface area contributed by atoms with Gasteiger partial charge in [0.15, 0.2) is 0 Å². The highest BCUT2D eigenvalue weighted by molar-refractivity contribution is 5.98. The predicted octanol–water partition coefficient (Wildman–Crippen LogP) is 2.82. The quantitative estimate of drug-likeness (QED) is 0.639. The highest BCUT2D eigenvalue weighted by atomic mass is 16.5. The normalized spacial score (nSPS) is 18.7. The second kappa shape index (κ2) is 7.32. The first-order valence-corrected chi connectivity index (χ1v) is 8.94. The van der Waals surface area contributed by atoms with Crippen LogP contribution in [0.25, 0.3) is 0 Å². The average molecular weight is 355 g/mol. The van der Waals surface area contributed by atoms with Gasteiger partial charge in [-0.15, -0.1) is 0 Å². The molecule has 1 aromatic heterocycles. The number of aromatic nitrogens is 2. The van der Waals surface area contributed by atoms with Crippen molar-refractivity contribution < 1.29 is 14.3 Å². The zero-order valence-corrected chi connectivity index (χ0v) is 15.7. The molecule has 1 fully saturated rings. The molecule has 0 aliphatic heterocycles. The maximum absolute atomic E-state index is 12.5. The molecule has 6 heteroatoms. The minimum Gasteiger partial charge on any atom is -0.425 e. The summed E-state index contributed by atoms with van der Waals surface area (Å²) in [5.41, 5.74) is 2.39. The van der Waals surface area contributed by atoms with Crippen LogP contribution in [0.3, 0.4) is 0 Å². The van der Waals surface area contributed by atoms with Crippen LogP contribution in [0.2, 0.25) is 0 Å². The van der Waals surface area contributed by atoms with E-state index in [1.807, 2.05) is 40.1 Å². The van der Waals surface area contributed by atoms with Gasteiger partial charge in [-0.25, -0.2) is 0 Å². The number of aryl methyl sites for hydroxylation is 2. The molecule has 0 spiro atoms. The smallest absolute Gasteiger partial charge is 0.314 e. The fourth-order valence-corrected chi connectivity index (χ4v) is 2.94. The van der Waals surface area contributed by atoms with Crippen molar-refractivity contribution in [3.8, 4) is 5.75 Å². The fraction of sp³-hybridized carbons (Fsp3) is 0.450.